The van der Waals surface area contributed by atoms with Crippen LogP contribution in [0.3, 0.4) is 0 Å². The van der Waals surface area contributed by atoms with Crippen LogP contribution in [-0.4, -0.2) is 78.7 Å². The highest BCUT2D eigenvalue weighted by Crippen LogP contribution is 2.23. The summed E-state index contributed by atoms with van der Waals surface area (Å²) in [5.41, 5.74) is 0.774. The van der Waals surface area contributed by atoms with Gasteiger partial charge in [-0.3, -0.25) is 14.6 Å². The molecule has 0 aliphatic carbocycles. The molecule has 2 amide bonds. The number of nitrogens with zero attached hydrogens (tertiary/aromatic N) is 3. The van der Waals surface area contributed by atoms with Gasteiger partial charge < -0.3 is 19.3 Å². The van der Waals surface area contributed by atoms with Crippen LogP contribution in [0.5, 0.6) is 0 Å². The predicted molar refractivity (Wildman–Crippen MR) is 82.0 cm³/mol. The highest BCUT2D eigenvalue weighted by Gasteiger charge is 2.42. The van der Waals surface area contributed by atoms with E-state index >= 15 is 0 Å². The summed E-state index contributed by atoms with van der Waals surface area (Å²) in [7, 11) is 1.73. The van der Waals surface area contributed by atoms with Crippen LogP contribution >= 0.6 is 0 Å². The Morgan fingerprint density at radius 3 is 2.91 bits per heavy atom. The van der Waals surface area contributed by atoms with Crippen molar-refractivity contribution in [3.8, 4) is 0 Å². The minimum Gasteiger partial charge on any atom is -0.368 e. The lowest BCUT2D eigenvalue weighted by molar-refractivity contribution is -0.135. The molecular weight excluding hydrogens is 298 g/mol. The van der Waals surface area contributed by atoms with Gasteiger partial charge in [-0.25, -0.2) is 0 Å². The zero-order valence-corrected chi connectivity index (χ0v) is 13.4. The first kappa shape index (κ1) is 15.9. The molecule has 23 heavy (non-hydrogen) atoms. The fourth-order valence-electron chi connectivity index (χ4n) is 2.98. The molecule has 7 heteroatoms. The molecule has 124 valence electrons. The standard InChI is InChI=1S/C16H21N3O4/c1-12-3-4-13(7-17-12)15(21)19-5-6-23-16(10-19)9-18(2)14(20)8-22-11-16/h3-4,7H,5-6,8-11H2,1-2H3. The SMILES string of the molecule is Cc1ccc(C(=O)N2CCOC3(COCC(=O)N(C)C3)C2)cn1. The lowest BCUT2D eigenvalue weighted by atomic mass is 10.0. The molecule has 2 saturated heterocycles. The molecule has 0 bridgehead atoms. The lowest BCUT2D eigenvalue weighted by Gasteiger charge is -2.42. The monoisotopic (exact) mass is 319 g/mol. The van der Waals surface area contributed by atoms with Crippen molar-refractivity contribution in [3.63, 3.8) is 0 Å². The molecule has 3 heterocycles. The third kappa shape index (κ3) is 3.35. The van der Waals surface area contributed by atoms with E-state index in [0.717, 1.165) is 5.69 Å². The van der Waals surface area contributed by atoms with Gasteiger partial charge in [-0.05, 0) is 19.1 Å². The van der Waals surface area contributed by atoms with E-state index in [2.05, 4.69) is 4.98 Å². The number of aromatic nitrogens is 1. The summed E-state index contributed by atoms with van der Waals surface area (Å²) >= 11 is 0. The van der Waals surface area contributed by atoms with Crippen molar-refractivity contribution in [1.82, 2.24) is 14.8 Å². The number of carbonyl (C=O) groups excluding carboxylic acids is 2. The van der Waals surface area contributed by atoms with Gasteiger partial charge in [0, 0.05) is 25.5 Å². The summed E-state index contributed by atoms with van der Waals surface area (Å²) in [6, 6.07) is 3.61. The average molecular weight is 319 g/mol. The second kappa shape index (κ2) is 6.25. The Kier molecular flexibility index (Phi) is 4.32. The zero-order valence-electron chi connectivity index (χ0n) is 13.4. The topological polar surface area (TPSA) is 72.0 Å². The Hall–Kier alpha value is -1.99. The molecule has 7 nitrogen and oxygen atoms in total. The van der Waals surface area contributed by atoms with E-state index in [1.807, 2.05) is 13.0 Å². The summed E-state index contributed by atoms with van der Waals surface area (Å²) in [6.07, 6.45) is 1.60. The molecule has 1 unspecified atom stereocenters. The number of likely N-dealkylation sites (N-methyl/N-ethyl adjacent to an activating group) is 1. The highest BCUT2D eigenvalue weighted by atomic mass is 16.5. The van der Waals surface area contributed by atoms with Crippen molar-refractivity contribution in [2.75, 3.05) is 46.5 Å². The lowest BCUT2D eigenvalue weighted by Crippen LogP contribution is -2.59. The number of morpholine rings is 1. The second-order valence-electron chi connectivity index (χ2n) is 6.19. The van der Waals surface area contributed by atoms with Crippen molar-refractivity contribution >= 4 is 11.8 Å². The fraction of sp³-hybridized carbons (Fsp3) is 0.562. The first-order valence-electron chi connectivity index (χ1n) is 7.67. The van der Waals surface area contributed by atoms with Gasteiger partial charge in [0.15, 0.2) is 0 Å². The molecule has 2 fully saturated rings. The largest absolute Gasteiger partial charge is 0.368 e. The smallest absolute Gasteiger partial charge is 0.255 e. The van der Waals surface area contributed by atoms with Gasteiger partial charge >= 0.3 is 0 Å². The minimum atomic E-state index is -0.660. The zero-order chi connectivity index (χ0) is 16.4. The van der Waals surface area contributed by atoms with E-state index in [0.29, 0.717) is 38.4 Å². The van der Waals surface area contributed by atoms with E-state index in [4.69, 9.17) is 9.47 Å². The van der Waals surface area contributed by atoms with Crippen molar-refractivity contribution in [1.29, 1.82) is 0 Å². The van der Waals surface area contributed by atoms with Gasteiger partial charge in [-0.1, -0.05) is 0 Å². The maximum Gasteiger partial charge on any atom is 0.255 e. The first-order valence-corrected chi connectivity index (χ1v) is 7.67. The normalized spacial score (nSPS) is 25.6. The number of rotatable bonds is 1. The van der Waals surface area contributed by atoms with Gasteiger partial charge in [0.05, 0.1) is 31.9 Å². The summed E-state index contributed by atoms with van der Waals surface area (Å²) in [6.45, 7) is 4.01. The van der Waals surface area contributed by atoms with Crippen LogP contribution in [0.1, 0.15) is 16.1 Å². The van der Waals surface area contributed by atoms with Crippen LogP contribution in [0.15, 0.2) is 18.3 Å². The number of ether oxygens (including phenoxy) is 2. The fourth-order valence-corrected chi connectivity index (χ4v) is 2.98. The average Bonchev–Trinajstić information content (AvgIpc) is 2.67. The van der Waals surface area contributed by atoms with Crippen molar-refractivity contribution in [3.05, 3.63) is 29.6 Å². The van der Waals surface area contributed by atoms with Crippen molar-refractivity contribution < 1.29 is 19.1 Å². The third-order valence-corrected chi connectivity index (χ3v) is 4.24. The molecule has 1 atom stereocenters. The molecule has 3 rings (SSSR count). The Morgan fingerprint density at radius 2 is 2.17 bits per heavy atom. The van der Waals surface area contributed by atoms with Gasteiger partial charge in [-0.15, -0.1) is 0 Å². The van der Waals surface area contributed by atoms with Crippen LogP contribution in [-0.2, 0) is 14.3 Å². The van der Waals surface area contributed by atoms with Crippen molar-refractivity contribution in [2.24, 2.45) is 0 Å². The van der Waals surface area contributed by atoms with Crippen LogP contribution in [0, 0.1) is 6.92 Å². The molecule has 0 saturated carbocycles. The summed E-state index contributed by atoms with van der Waals surface area (Å²) in [5, 5.41) is 0. The molecule has 1 spiro atoms. The maximum atomic E-state index is 12.7. The van der Waals surface area contributed by atoms with Crippen LogP contribution in [0.25, 0.3) is 0 Å². The van der Waals surface area contributed by atoms with Crippen molar-refractivity contribution in [2.45, 2.75) is 12.5 Å². The number of amides is 2. The molecule has 2 aliphatic rings. The molecule has 0 N–H and O–H groups in total. The Balaban J connectivity index is 1.76. The summed E-state index contributed by atoms with van der Waals surface area (Å²) in [5.74, 6) is -0.143. The molecular formula is C16H21N3O4. The van der Waals surface area contributed by atoms with E-state index in [9.17, 15) is 9.59 Å². The maximum absolute atomic E-state index is 12.7. The van der Waals surface area contributed by atoms with Gasteiger partial charge in [0.25, 0.3) is 5.91 Å². The van der Waals surface area contributed by atoms with E-state index in [-0.39, 0.29) is 18.4 Å². The molecule has 0 aromatic carbocycles. The molecule has 0 radical (unpaired) electrons. The number of pyridine rings is 1. The highest BCUT2D eigenvalue weighted by molar-refractivity contribution is 5.94. The van der Waals surface area contributed by atoms with E-state index < -0.39 is 5.60 Å². The van der Waals surface area contributed by atoms with Crippen LogP contribution < -0.4 is 0 Å². The minimum absolute atomic E-state index is 0.0530. The summed E-state index contributed by atoms with van der Waals surface area (Å²) in [4.78, 5) is 32.0. The van der Waals surface area contributed by atoms with Gasteiger partial charge in [0.1, 0.15) is 12.2 Å². The number of carbonyl (C=O) groups is 2. The first-order chi connectivity index (χ1) is 11.0. The Bertz CT molecular complexity index is 604. The molecule has 1 aromatic rings. The number of hydrogen-bond donors (Lipinski definition) is 0. The molecule has 2 aliphatic heterocycles. The Labute approximate surface area is 135 Å². The Morgan fingerprint density at radius 1 is 1.35 bits per heavy atom. The quantitative estimate of drug-likeness (QED) is 0.733. The van der Waals surface area contributed by atoms with Gasteiger partial charge in [0.2, 0.25) is 5.91 Å². The predicted octanol–water partition coefficient (Wildman–Crippen LogP) is 0.0898. The number of aryl methyl sites for hydroxylation is 1. The molecule has 1 aromatic heterocycles. The van der Waals surface area contributed by atoms with Gasteiger partial charge in [-0.2, -0.15) is 0 Å². The second-order valence-corrected chi connectivity index (χ2v) is 6.19. The van der Waals surface area contributed by atoms with E-state index in [1.54, 1.807) is 29.1 Å². The number of hydrogen-bond acceptors (Lipinski definition) is 5. The van der Waals surface area contributed by atoms with E-state index in [1.165, 1.54) is 0 Å². The summed E-state index contributed by atoms with van der Waals surface area (Å²) < 4.78 is 11.4. The third-order valence-electron chi connectivity index (χ3n) is 4.24. The van der Waals surface area contributed by atoms with Crippen LogP contribution in [0.2, 0.25) is 0 Å². The van der Waals surface area contributed by atoms with Crippen LogP contribution in [0.4, 0.5) is 0 Å².